The maximum Gasteiger partial charge on any atom is 0.141 e. The lowest BCUT2D eigenvalue weighted by Crippen LogP contribution is -2.32. The van der Waals surface area contributed by atoms with Crippen LogP contribution in [-0.2, 0) is 10.8 Å². The van der Waals surface area contributed by atoms with Crippen molar-refractivity contribution in [2.24, 2.45) is 0 Å². The Bertz CT molecular complexity index is 537. The average molecular weight is 334 g/mol. The van der Waals surface area contributed by atoms with Gasteiger partial charge in [0.25, 0.3) is 0 Å². The SMILES string of the molecule is C=C(CC1(c2ccc(C(C)(C)C)cc2)CCCCC1)C(C)(F)P. The predicted octanol–water partition coefficient (Wildman–Crippen LogP) is 6.69. The van der Waals surface area contributed by atoms with Crippen LogP contribution in [0, 0.1) is 0 Å². The highest BCUT2D eigenvalue weighted by Gasteiger charge is 2.37. The second-order valence-electron chi connectivity index (χ2n) is 8.52. The predicted molar refractivity (Wildman–Crippen MR) is 103 cm³/mol. The molecule has 2 atom stereocenters. The van der Waals surface area contributed by atoms with Crippen molar-refractivity contribution in [3.8, 4) is 0 Å². The van der Waals surface area contributed by atoms with Gasteiger partial charge in [-0.2, -0.15) is 0 Å². The van der Waals surface area contributed by atoms with Crippen LogP contribution in [0.2, 0.25) is 0 Å². The van der Waals surface area contributed by atoms with Gasteiger partial charge < -0.3 is 0 Å². The van der Waals surface area contributed by atoms with Gasteiger partial charge in [0.05, 0.1) is 0 Å². The topological polar surface area (TPSA) is 0 Å². The van der Waals surface area contributed by atoms with Crippen molar-refractivity contribution in [1.29, 1.82) is 0 Å². The van der Waals surface area contributed by atoms with E-state index in [0.717, 1.165) is 19.3 Å². The van der Waals surface area contributed by atoms with Crippen molar-refractivity contribution >= 4 is 9.24 Å². The van der Waals surface area contributed by atoms with E-state index in [2.05, 4.69) is 60.9 Å². The van der Waals surface area contributed by atoms with Crippen LogP contribution in [0.25, 0.3) is 0 Å². The second kappa shape index (κ2) is 6.67. The van der Waals surface area contributed by atoms with Gasteiger partial charge >= 0.3 is 0 Å². The smallest absolute Gasteiger partial charge is 0.141 e. The molecule has 23 heavy (non-hydrogen) atoms. The Morgan fingerprint density at radius 1 is 1.09 bits per heavy atom. The maximum atomic E-state index is 14.3. The summed E-state index contributed by atoms with van der Waals surface area (Å²) < 4.78 is 14.3. The van der Waals surface area contributed by atoms with E-state index in [1.165, 1.54) is 30.4 Å². The Kier molecular flexibility index (Phi) is 5.41. The third-order valence-electron chi connectivity index (χ3n) is 5.42. The van der Waals surface area contributed by atoms with Gasteiger partial charge in [0.15, 0.2) is 0 Å². The monoisotopic (exact) mass is 334 g/mol. The summed E-state index contributed by atoms with van der Waals surface area (Å²) in [7, 11) is 2.30. The lowest BCUT2D eigenvalue weighted by atomic mass is 9.65. The largest absolute Gasteiger partial charge is 0.235 e. The number of alkyl halides is 1. The van der Waals surface area contributed by atoms with Gasteiger partial charge in [0.2, 0.25) is 0 Å². The van der Waals surface area contributed by atoms with Crippen molar-refractivity contribution in [1.82, 2.24) is 0 Å². The highest BCUT2D eigenvalue weighted by atomic mass is 31.0. The minimum absolute atomic E-state index is 0.0651. The van der Waals surface area contributed by atoms with Crippen LogP contribution < -0.4 is 0 Å². The second-order valence-corrected chi connectivity index (χ2v) is 9.61. The molecule has 1 fully saturated rings. The van der Waals surface area contributed by atoms with E-state index in [1.54, 1.807) is 6.92 Å². The third kappa shape index (κ3) is 4.44. The molecule has 1 aliphatic carbocycles. The Morgan fingerprint density at radius 3 is 2.04 bits per heavy atom. The van der Waals surface area contributed by atoms with E-state index in [1.807, 2.05) is 0 Å². The molecule has 0 amide bonds. The molecule has 2 unspecified atom stereocenters. The van der Waals surface area contributed by atoms with Crippen LogP contribution in [0.15, 0.2) is 36.4 Å². The van der Waals surface area contributed by atoms with E-state index in [-0.39, 0.29) is 10.8 Å². The van der Waals surface area contributed by atoms with Crippen LogP contribution in [-0.4, -0.2) is 5.41 Å². The van der Waals surface area contributed by atoms with E-state index in [4.69, 9.17) is 0 Å². The first-order valence-corrected chi connectivity index (χ1v) is 9.39. The van der Waals surface area contributed by atoms with Crippen molar-refractivity contribution in [3.63, 3.8) is 0 Å². The molecule has 2 rings (SSSR count). The molecule has 0 radical (unpaired) electrons. The summed E-state index contributed by atoms with van der Waals surface area (Å²) in [6, 6.07) is 9.06. The molecule has 0 bridgehead atoms. The molecule has 0 aromatic heterocycles. The lowest BCUT2D eigenvalue weighted by molar-refractivity contribution is 0.265. The summed E-state index contributed by atoms with van der Waals surface area (Å²) in [5.41, 5.74) is 3.65. The first-order valence-electron chi connectivity index (χ1n) is 8.82. The highest BCUT2D eigenvalue weighted by Crippen LogP contribution is 2.47. The van der Waals surface area contributed by atoms with E-state index in [0.29, 0.717) is 5.57 Å². The molecule has 0 aliphatic heterocycles. The first-order chi connectivity index (χ1) is 10.5. The molecule has 1 aliphatic rings. The molecular weight excluding hydrogens is 302 g/mol. The minimum atomic E-state index is -1.38. The van der Waals surface area contributed by atoms with Gasteiger partial charge in [-0.05, 0) is 53.7 Å². The van der Waals surface area contributed by atoms with Gasteiger partial charge in [-0.3, -0.25) is 0 Å². The molecule has 1 saturated carbocycles. The zero-order chi connectivity index (χ0) is 17.3. The molecule has 128 valence electrons. The molecule has 0 spiro atoms. The van der Waals surface area contributed by atoms with Crippen molar-refractivity contribution in [2.45, 2.75) is 82.5 Å². The zero-order valence-corrected chi connectivity index (χ0v) is 16.4. The van der Waals surface area contributed by atoms with Crippen LogP contribution >= 0.6 is 9.24 Å². The Balaban J connectivity index is 2.33. The summed E-state index contributed by atoms with van der Waals surface area (Å²) >= 11 is 0. The lowest BCUT2D eigenvalue weighted by Gasteiger charge is -2.40. The third-order valence-corrected chi connectivity index (χ3v) is 5.83. The van der Waals surface area contributed by atoms with E-state index < -0.39 is 5.41 Å². The zero-order valence-electron chi connectivity index (χ0n) is 15.2. The van der Waals surface area contributed by atoms with E-state index >= 15 is 0 Å². The van der Waals surface area contributed by atoms with Crippen LogP contribution in [0.3, 0.4) is 0 Å². The number of hydrogen-bond acceptors (Lipinski definition) is 0. The van der Waals surface area contributed by atoms with Crippen molar-refractivity contribution < 1.29 is 4.39 Å². The summed E-state index contributed by atoms with van der Waals surface area (Å²) in [5.74, 6) is 0. The number of benzene rings is 1. The molecule has 2 heteroatoms. The van der Waals surface area contributed by atoms with E-state index in [9.17, 15) is 4.39 Å². The Morgan fingerprint density at radius 2 is 1.61 bits per heavy atom. The molecule has 0 saturated heterocycles. The van der Waals surface area contributed by atoms with Gasteiger partial charge in [-0.15, -0.1) is 0 Å². The molecule has 0 heterocycles. The molecular formula is C21H32FP. The van der Waals surface area contributed by atoms with Crippen molar-refractivity contribution in [3.05, 3.63) is 47.5 Å². The fourth-order valence-electron chi connectivity index (χ4n) is 3.70. The highest BCUT2D eigenvalue weighted by molar-refractivity contribution is 7.19. The molecule has 0 N–H and O–H groups in total. The summed E-state index contributed by atoms with van der Waals surface area (Å²) in [5, 5.41) is -1.38. The average Bonchev–Trinajstić information content (AvgIpc) is 2.46. The van der Waals surface area contributed by atoms with Gasteiger partial charge in [0, 0.05) is 0 Å². The van der Waals surface area contributed by atoms with Crippen LogP contribution in [0.1, 0.15) is 77.3 Å². The molecule has 1 aromatic rings. The fraction of sp³-hybridized carbons (Fsp3) is 0.619. The fourth-order valence-corrected chi connectivity index (χ4v) is 3.80. The van der Waals surface area contributed by atoms with Crippen molar-refractivity contribution in [2.75, 3.05) is 0 Å². The van der Waals surface area contributed by atoms with Gasteiger partial charge in [-0.1, -0.05) is 80.1 Å². The van der Waals surface area contributed by atoms with Crippen LogP contribution in [0.4, 0.5) is 4.39 Å². The standard InChI is InChI=1S/C21H32FP/c1-16(20(5,22)23)15-21(13-7-6-8-14-21)18-11-9-17(10-12-18)19(2,3)4/h9-12H,1,6-8,13-15,23H2,2-5H3. The van der Waals surface area contributed by atoms with Gasteiger partial charge in [0.1, 0.15) is 5.41 Å². The Hall–Kier alpha value is -0.680. The summed E-state index contributed by atoms with van der Waals surface area (Å²) in [6.07, 6.45) is 6.78. The minimum Gasteiger partial charge on any atom is -0.235 e. The summed E-state index contributed by atoms with van der Waals surface area (Å²) in [6.45, 7) is 12.4. The Labute approximate surface area is 144 Å². The maximum absolute atomic E-state index is 14.3. The number of hydrogen-bond donors (Lipinski definition) is 0. The normalized spacial score (nSPS) is 20.8. The molecule has 1 aromatic carbocycles. The number of rotatable bonds is 4. The van der Waals surface area contributed by atoms with Crippen LogP contribution in [0.5, 0.6) is 0 Å². The van der Waals surface area contributed by atoms with Gasteiger partial charge in [-0.25, -0.2) is 4.39 Å². The quantitative estimate of drug-likeness (QED) is 0.425. The molecule has 0 nitrogen and oxygen atoms in total. The number of halogens is 1. The summed E-state index contributed by atoms with van der Waals surface area (Å²) in [4.78, 5) is 0. The number of allylic oxidation sites excluding steroid dienone is 1. The first kappa shape index (κ1) is 18.7.